The molecule has 2 bridgehead atoms. The molecule has 0 radical (unpaired) electrons. The van der Waals surface area contributed by atoms with E-state index in [1.807, 2.05) is 30.3 Å². The zero-order chi connectivity index (χ0) is 18.0. The van der Waals surface area contributed by atoms with E-state index in [0.29, 0.717) is 17.0 Å². The van der Waals surface area contributed by atoms with Crippen molar-refractivity contribution in [3.05, 3.63) is 56.9 Å². The lowest BCUT2D eigenvalue weighted by Gasteiger charge is -2.42. The Balaban J connectivity index is 2.04. The molecule has 0 unspecified atom stereocenters. The van der Waals surface area contributed by atoms with Crippen molar-refractivity contribution in [3.8, 4) is 11.1 Å². The molecule has 6 heteroatoms. The van der Waals surface area contributed by atoms with Crippen LogP contribution in [-0.4, -0.2) is 27.2 Å². The second kappa shape index (κ2) is 5.30. The van der Waals surface area contributed by atoms with Crippen molar-refractivity contribution in [2.45, 2.75) is 18.8 Å². The van der Waals surface area contributed by atoms with Crippen LogP contribution in [0.1, 0.15) is 24.5 Å². The fourth-order valence-corrected chi connectivity index (χ4v) is 4.46. The minimum Gasteiger partial charge on any atom is -0.369 e. The van der Waals surface area contributed by atoms with Gasteiger partial charge in [0.25, 0.3) is 5.56 Å². The van der Waals surface area contributed by atoms with Crippen molar-refractivity contribution in [1.82, 2.24) is 14.1 Å². The fraction of sp³-hybridized carbons (Fsp3) is 0.350. The van der Waals surface area contributed by atoms with Crippen molar-refractivity contribution in [2.24, 2.45) is 14.1 Å². The summed E-state index contributed by atoms with van der Waals surface area (Å²) in [7, 11) is 3.23. The number of nitrogens with zero attached hydrogens (tertiary/aromatic N) is 4. The molecule has 3 aromatic rings. The summed E-state index contributed by atoms with van der Waals surface area (Å²) in [5, 5.41) is 0.534. The number of rotatable bonds is 1. The van der Waals surface area contributed by atoms with Gasteiger partial charge in [-0.15, -0.1) is 0 Å². The number of piperidine rings is 1. The molecule has 5 heterocycles. The molecule has 6 rings (SSSR count). The third-order valence-corrected chi connectivity index (χ3v) is 5.85. The Morgan fingerprint density at radius 2 is 1.69 bits per heavy atom. The van der Waals surface area contributed by atoms with Crippen LogP contribution < -0.4 is 16.1 Å². The summed E-state index contributed by atoms with van der Waals surface area (Å²) in [6.45, 7) is 1.99. The lowest BCUT2D eigenvalue weighted by molar-refractivity contribution is 0.465. The average Bonchev–Trinajstić information content (AvgIpc) is 2.70. The molecule has 3 aliphatic rings. The SMILES string of the molecule is Cn1c(=O)c2c(-c3ccccc3)c3c(nc2n(C)c1=O)C1CCN3CC1. The van der Waals surface area contributed by atoms with Crippen molar-refractivity contribution >= 4 is 16.7 Å². The molecule has 0 atom stereocenters. The number of aromatic nitrogens is 3. The van der Waals surface area contributed by atoms with Gasteiger partial charge in [0, 0.05) is 38.7 Å². The highest BCUT2D eigenvalue weighted by Gasteiger charge is 2.36. The Labute approximate surface area is 150 Å². The number of anilines is 1. The first-order valence-electron chi connectivity index (χ1n) is 9.02. The minimum atomic E-state index is -0.338. The normalized spacial score (nSPS) is 16.3. The van der Waals surface area contributed by atoms with Crippen LogP contribution in [0, 0.1) is 0 Å². The minimum absolute atomic E-state index is 0.278. The van der Waals surface area contributed by atoms with E-state index in [4.69, 9.17) is 4.98 Å². The zero-order valence-corrected chi connectivity index (χ0v) is 14.9. The number of fused-ring (bicyclic) bond motifs is 3. The highest BCUT2D eigenvalue weighted by Crippen LogP contribution is 2.47. The van der Waals surface area contributed by atoms with Crippen LogP contribution in [0.4, 0.5) is 5.69 Å². The van der Waals surface area contributed by atoms with E-state index in [1.54, 1.807) is 7.05 Å². The molecular formula is C20H20N4O2. The predicted octanol–water partition coefficient (Wildman–Crippen LogP) is 2.00. The summed E-state index contributed by atoms with van der Waals surface area (Å²) in [5.41, 5.74) is 3.92. The molecule has 1 saturated heterocycles. The number of benzene rings is 1. The van der Waals surface area contributed by atoms with Crippen molar-refractivity contribution in [1.29, 1.82) is 0 Å². The zero-order valence-electron chi connectivity index (χ0n) is 14.9. The van der Waals surface area contributed by atoms with E-state index in [-0.39, 0.29) is 11.2 Å². The van der Waals surface area contributed by atoms with Crippen LogP contribution in [0.25, 0.3) is 22.2 Å². The van der Waals surface area contributed by atoms with Crippen LogP contribution in [0.3, 0.4) is 0 Å². The molecule has 1 aromatic carbocycles. The van der Waals surface area contributed by atoms with Crippen LogP contribution >= 0.6 is 0 Å². The van der Waals surface area contributed by atoms with E-state index in [1.165, 1.54) is 16.2 Å². The first kappa shape index (κ1) is 15.4. The molecule has 0 amide bonds. The van der Waals surface area contributed by atoms with Crippen LogP contribution in [-0.2, 0) is 14.1 Å². The van der Waals surface area contributed by atoms with Gasteiger partial charge in [0.15, 0.2) is 0 Å². The van der Waals surface area contributed by atoms with Gasteiger partial charge < -0.3 is 4.90 Å². The average molecular weight is 348 g/mol. The Morgan fingerprint density at radius 3 is 2.38 bits per heavy atom. The molecule has 1 fully saturated rings. The molecule has 0 saturated carbocycles. The molecular weight excluding hydrogens is 328 g/mol. The monoisotopic (exact) mass is 348 g/mol. The van der Waals surface area contributed by atoms with E-state index in [0.717, 1.165) is 48.4 Å². The van der Waals surface area contributed by atoms with Crippen LogP contribution in [0.2, 0.25) is 0 Å². The summed E-state index contributed by atoms with van der Waals surface area (Å²) >= 11 is 0. The standard InChI is InChI=1S/C20H20N4O2/c1-22-18-15(19(25)23(2)20(22)26)14(12-6-4-3-5-7-12)17-16(21-18)13-8-10-24(17)11-9-13/h3-7,13H,8-11H2,1-2H3. The molecule has 26 heavy (non-hydrogen) atoms. The summed E-state index contributed by atoms with van der Waals surface area (Å²) in [6.07, 6.45) is 2.16. The van der Waals surface area contributed by atoms with Gasteiger partial charge in [-0.05, 0) is 18.4 Å². The van der Waals surface area contributed by atoms with Gasteiger partial charge in [-0.1, -0.05) is 30.3 Å². The van der Waals surface area contributed by atoms with Crippen molar-refractivity contribution < 1.29 is 0 Å². The Kier molecular flexibility index (Phi) is 3.13. The van der Waals surface area contributed by atoms with E-state index >= 15 is 0 Å². The van der Waals surface area contributed by atoms with Gasteiger partial charge in [-0.3, -0.25) is 13.9 Å². The van der Waals surface area contributed by atoms with Gasteiger partial charge in [0.2, 0.25) is 0 Å². The van der Waals surface area contributed by atoms with Gasteiger partial charge in [-0.2, -0.15) is 0 Å². The number of aryl methyl sites for hydroxylation is 1. The molecule has 2 aromatic heterocycles. The first-order valence-corrected chi connectivity index (χ1v) is 9.02. The number of hydrogen-bond acceptors (Lipinski definition) is 4. The molecule has 3 aliphatic heterocycles. The maximum atomic E-state index is 13.1. The fourth-order valence-electron chi connectivity index (χ4n) is 4.46. The second-order valence-electron chi connectivity index (χ2n) is 7.25. The smallest absolute Gasteiger partial charge is 0.332 e. The van der Waals surface area contributed by atoms with E-state index < -0.39 is 0 Å². The van der Waals surface area contributed by atoms with Gasteiger partial charge in [-0.25, -0.2) is 9.78 Å². The quantitative estimate of drug-likeness (QED) is 0.675. The Morgan fingerprint density at radius 1 is 1.00 bits per heavy atom. The number of hydrogen-bond donors (Lipinski definition) is 0. The van der Waals surface area contributed by atoms with Crippen molar-refractivity contribution in [3.63, 3.8) is 0 Å². The maximum absolute atomic E-state index is 13.1. The predicted molar refractivity (Wildman–Crippen MR) is 102 cm³/mol. The van der Waals surface area contributed by atoms with Gasteiger partial charge >= 0.3 is 5.69 Å². The maximum Gasteiger partial charge on any atom is 0.332 e. The molecule has 0 N–H and O–H groups in total. The lowest BCUT2D eigenvalue weighted by atomic mass is 9.83. The number of pyridine rings is 1. The second-order valence-corrected chi connectivity index (χ2v) is 7.25. The van der Waals surface area contributed by atoms with Gasteiger partial charge in [0.05, 0.1) is 16.8 Å². The van der Waals surface area contributed by atoms with Crippen LogP contribution in [0.15, 0.2) is 39.9 Å². The summed E-state index contributed by atoms with van der Waals surface area (Å²) in [5.74, 6) is 0.404. The summed E-state index contributed by atoms with van der Waals surface area (Å²) in [6, 6.07) is 10.00. The largest absolute Gasteiger partial charge is 0.369 e. The third-order valence-electron chi connectivity index (χ3n) is 5.85. The lowest BCUT2D eigenvalue weighted by Crippen LogP contribution is -2.42. The van der Waals surface area contributed by atoms with Gasteiger partial charge in [0.1, 0.15) is 5.65 Å². The van der Waals surface area contributed by atoms with Crippen molar-refractivity contribution in [2.75, 3.05) is 18.0 Å². The van der Waals surface area contributed by atoms with E-state index in [2.05, 4.69) is 4.90 Å². The molecule has 0 aliphatic carbocycles. The molecule has 6 nitrogen and oxygen atoms in total. The van der Waals surface area contributed by atoms with Crippen LogP contribution in [0.5, 0.6) is 0 Å². The Hall–Kier alpha value is -2.89. The third kappa shape index (κ3) is 1.90. The highest BCUT2D eigenvalue weighted by molar-refractivity contribution is 6.01. The summed E-state index contributed by atoms with van der Waals surface area (Å²) in [4.78, 5) is 32.7. The Bertz CT molecular complexity index is 1150. The topological polar surface area (TPSA) is 60.1 Å². The summed E-state index contributed by atoms with van der Waals surface area (Å²) < 4.78 is 2.68. The molecule has 132 valence electrons. The first-order chi connectivity index (χ1) is 12.6. The highest BCUT2D eigenvalue weighted by atomic mass is 16.2. The van der Waals surface area contributed by atoms with E-state index in [9.17, 15) is 9.59 Å². The molecule has 0 spiro atoms.